The van der Waals surface area contributed by atoms with Crippen LogP contribution in [0.3, 0.4) is 0 Å². The lowest BCUT2D eigenvalue weighted by atomic mass is 10.0. The van der Waals surface area contributed by atoms with Crippen LogP contribution in [0.2, 0.25) is 0 Å². The molecule has 1 N–H and O–H groups in total. The lowest BCUT2D eigenvalue weighted by Crippen LogP contribution is -2.51. The van der Waals surface area contributed by atoms with E-state index in [1.54, 1.807) is 0 Å². The fraction of sp³-hybridized carbons (Fsp3) is 0.200. The van der Waals surface area contributed by atoms with Gasteiger partial charge in [0.1, 0.15) is 41.6 Å². The zero-order valence-electron chi connectivity index (χ0n) is 24.0. The summed E-state index contributed by atoms with van der Waals surface area (Å²) in [5.41, 5.74) is -2.80. The lowest BCUT2D eigenvalue weighted by Gasteiger charge is -2.29. The summed E-state index contributed by atoms with van der Waals surface area (Å²) in [5, 5.41) is 11.6. The molecular weight excluding hydrogens is 652 g/mol. The molecule has 5 heterocycles. The average molecular weight is 673 g/mol. The highest BCUT2D eigenvalue weighted by molar-refractivity contribution is 5.91. The van der Waals surface area contributed by atoms with Gasteiger partial charge in [-0.25, -0.2) is 39.1 Å². The van der Waals surface area contributed by atoms with Gasteiger partial charge in [-0.05, 0) is 48.5 Å². The average Bonchev–Trinajstić information content (AvgIpc) is 3.32. The Bertz CT molecular complexity index is 1870. The largest absolute Gasteiger partial charge is 0.459 e. The van der Waals surface area contributed by atoms with Crippen LogP contribution in [0.1, 0.15) is 41.4 Å². The SMILES string of the molecule is O=C(OC[C@H]1O[C@](O)(COC(=O)c2cccnc2F)[C@@H](OC(=O)c2cccnc2F)[C@@H]1OC(=O)c1cccnc1F)c1cccnc1F. The Morgan fingerprint density at radius 3 is 1.48 bits per heavy atom. The van der Waals surface area contributed by atoms with Crippen LogP contribution in [-0.2, 0) is 23.7 Å². The number of hydrogen-bond donors (Lipinski definition) is 1. The van der Waals surface area contributed by atoms with Crippen molar-refractivity contribution in [3.8, 4) is 0 Å². The van der Waals surface area contributed by atoms with E-state index in [4.69, 9.17) is 23.7 Å². The Morgan fingerprint density at radius 2 is 1.04 bits per heavy atom. The van der Waals surface area contributed by atoms with E-state index in [1.807, 2.05) is 0 Å². The van der Waals surface area contributed by atoms with Gasteiger partial charge in [-0.2, -0.15) is 17.6 Å². The molecule has 4 aromatic heterocycles. The molecule has 0 radical (unpaired) electrons. The van der Waals surface area contributed by atoms with E-state index in [2.05, 4.69) is 19.9 Å². The molecule has 0 aliphatic carbocycles. The van der Waals surface area contributed by atoms with Gasteiger partial charge < -0.3 is 28.8 Å². The van der Waals surface area contributed by atoms with Crippen molar-refractivity contribution >= 4 is 23.9 Å². The number of nitrogens with zero attached hydrogens (tertiary/aromatic N) is 4. The summed E-state index contributed by atoms with van der Waals surface area (Å²) in [6.45, 7) is -2.24. The Kier molecular flexibility index (Phi) is 9.95. The van der Waals surface area contributed by atoms with E-state index in [-0.39, 0.29) is 0 Å². The van der Waals surface area contributed by atoms with Crippen LogP contribution >= 0.6 is 0 Å². The maximum Gasteiger partial charge on any atom is 0.343 e. The van der Waals surface area contributed by atoms with Gasteiger partial charge in [-0.3, -0.25) is 0 Å². The van der Waals surface area contributed by atoms with Crippen molar-refractivity contribution in [3.63, 3.8) is 0 Å². The number of aromatic nitrogens is 4. The molecule has 4 atom stereocenters. The van der Waals surface area contributed by atoms with Crippen LogP contribution in [0.5, 0.6) is 0 Å². The molecule has 0 amide bonds. The maximum atomic E-state index is 14.4. The third-order valence-corrected chi connectivity index (χ3v) is 6.65. The van der Waals surface area contributed by atoms with Gasteiger partial charge in [-0.15, -0.1) is 0 Å². The van der Waals surface area contributed by atoms with Crippen molar-refractivity contribution in [1.29, 1.82) is 0 Å². The molecule has 1 aliphatic rings. The van der Waals surface area contributed by atoms with E-state index in [1.165, 1.54) is 24.3 Å². The Labute approximate surface area is 266 Å². The van der Waals surface area contributed by atoms with Crippen molar-refractivity contribution in [2.45, 2.75) is 24.1 Å². The van der Waals surface area contributed by atoms with Gasteiger partial charge >= 0.3 is 23.9 Å². The molecule has 4 aromatic rings. The monoisotopic (exact) mass is 672 g/mol. The normalized spacial score (nSPS) is 20.1. The van der Waals surface area contributed by atoms with Gasteiger partial charge in [0.05, 0.1) is 0 Å². The molecule has 18 heteroatoms. The summed E-state index contributed by atoms with van der Waals surface area (Å²) in [7, 11) is 0. The van der Waals surface area contributed by atoms with E-state index in [9.17, 15) is 41.8 Å². The molecule has 0 unspecified atom stereocenters. The first-order chi connectivity index (χ1) is 23.0. The number of hydrogen-bond acceptors (Lipinski definition) is 14. The third-order valence-electron chi connectivity index (χ3n) is 6.65. The molecule has 0 aromatic carbocycles. The zero-order valence-corrected chi connectivity index (χ0v) is 24.0. The van der Waals surface area contributed by atoms with Crippen molar-refractivity contribution in [3.05, 3.63) is 119 Å². The molecule has 248 valence electrons. The van der Waals surface area contributed by atoms with Crippen LogP contribution in [-0.4, -0.2) is 86.2 Å². The van der Waals surface area contributed by atoms with Gasteiger partial charge in [0, 0.05) is 24.8 Å². The summed E-state index contributed by atoms with van der Waals surface area (Å²) in [4.78, 5) is 64.8. The van der Waals surface area contributed by atoms with Gasteiger partial charge in [0.2, 0.25) is 29.6 Å². The Morgan fingerprint density at radius 1 is 0.646 bits per heavy atom. The van der Waals surface area contributed by atoms with Crippen molar-refractivity contribution in [2.24, 2.45) is 0 Å². The molecule has 1 saturated heterocycles. The molecule has 0 saturated carbocycles. The van der Waals surface area contributed by atoms with Crippen LogP contribution in [0.4, 0.5) is 17.6 Å². The van der Waals surface area contributed by atoms with Gasteiger partial charge in [0.25, 0.3) is 0 Å². The Hall–Kier alpha value is -5.88. The van der Waals surface area contributed by atoms with Crippen molar-refractivity contribution in [1.82, 2.24) is 19.9 Å². The number of ether oxygens (including phenoxy) is 5. The second kappa shape index (κ2) is 14.3. The number of esters is 4. The number of carbonyl (C=O) groups excluding carboxylic acids is 4. The standard InChI is InChI=1S/C30H20F4N4O10/c31-22-15(5-1-9-35-22)26(39)44-13-19-20(46-28(41)17-7-3-11-37-24(17)33)21(47-29(42)18-8-4-12-38-25(18)34)30(43,48-19)14-45-27(40)16-6-2-10-36-23(16)32/h1-12,19-21,43H,13-14H2/t19-,20-,21+,30-/m1/s1. The number of carbonyl (C=O) groups is 4. The number of aliphatic hydroxyl groups is 1. The van der Waals surface area contributed by atoms with Crippen LogP contribution < -0.4 is 0 Å². The highest BCUT2D eigenvalue weighted by Gasteiger charge is 2.60. The molecule has 14 nitrogen and oxygen atoms in total. The molecular formula is C30H20F4N4O10. The second-order valence-corrected chi connectivity index (χ2v) is 9.74. The molecule has 48 heavy (non-hydrogen) atoms. The minimum absolute atomic E-state index is 0.626. The zero-order chi connectivity index (χ0) is 34.4. The smallest absolute Gasteiger partial charge is 0.343 e. The lowest BCUT2D eigenvalue weighted by molar-refractivity contribution is -0.247. The quantitative estimate of drug-likeness (QED) is 0.112. The Balaban J connectivity index is 1.49. The van der Waals surface area contributed by atoms with Crippen LogP contribution in [0, 0.1) is 23.8 Å². The first-order valence-corrected chi connectivity index (χ1v) is 13.6. The molecule has 1 aliphatic heterocycles. The fourth-order valence-corrected chi connectivity index (χ4v) is 4.39. The number of halogens is 4. The number of rotatable bonds is 10. The van der Waals surface area contributed by atoms with E-state index < -0.39 is 107 Å². The predicted octanol–water partition coefficient (Wildman–Crippen LogP) is 2.38. The van der Waals surface area contributed by atoms with Crippen molar-refractivity contribution < 1.29 is 65.5 Å². The van der Waals surface area contributed by atoms with Crippen molar-refractivity contribution in [2.75, 3.05) is 13.2 Å². The predicted molar refractivity (Wildman–Crippen MR) is 146 cm³/mol. The summed E-state index contributed by atoms with van der Waals surface area (Å²) in [5.74, 6) is -13.7. The molecule has 5 rings (SSSR count). The highest BCUT2D eigenvalue weighted by atomic mass is 19.1. The number of pyridine rings is 4. The topological polar surface area (TPSA) is 186 Å². The van der Waals surface area contributed by atoms with E-state index in [0.29, 0.717) is 0 Å². The maximum absolute atomic E-state index is 14.4. The highest BCUT2D eigenvalue weighted by Crippen LogP contribution is 2.36. The first kappa shape index (κ1) is 33.5. The summed E-state index contributed by atoms with van der Waals surface area (Å²) >= 11 is 0. The molecule has 0 spiro atoms. The van der Waals surface area contributed by atoms with Crippen LogP contribution in [0.15, 0.2) is 73.3 Å². The molecule has 0 bridgehead atoms. The van der Waals surface area contributed by atoms with E-state index in [0.717, 1.165) is 49.1 Å². The molecule has 1 fully saturated rings. The third kappa shape index (κ3) is 7.24. The summed E-state index contributed by atoms with van der Waals surface area (Å²) < 4.78 is 83.3. The minimum atomic E-state index is -3.00. The van der Waals surface area contributed by atoms with Gasteiger partial charge in [-0.1, -0.05) is 0 Å². The minimum Gasteiger partial charge on any atom is -0.459 e. The van der Waals surface area contributed by atoms with Crippen LogP contribution in [0.25, 0.3) is 0 Å². The van der Waals surface area contributed by atoms with E-state index >= 15 is 0 Å². The summed E-state index contributed by atoms with van der Waals surface area (Å²) in [6, 6.07) is 8.75. The van der Waals surface area contributed by atoms with Gasteiger partial charge in [0.15, 0.2) is 12.2 Å². The second-order valence-electron chi connectivity index (χ2n) is 9.74. The fourth-order valence-electron chi connectivity index (χ4n) is 4.39. The first-order valence-electron chi connectivity index (χ1n) is 13.6. The summed E-state index contributed by atoms with van der Waals surface area (Å²) in [6.07, 6.45) is -1.98.